The SMILES string of the molecule is COc1c(C)cc(Br)cc1C(=O)Nc1ccc(C(=O)OC2CCCCC2)cc1. The molecular weight excluding hydrogens is 422 g/mol. The van der Waals surface area contributed by atoms with Gasteiger partial charge in [0.05, 0.1) is 18.2 Å². The molecule has 0 spiro atoms. The van der Waals surface area contributed by atoms with Crippen molar-refractivity contribution in [3.63, 3.8) is 0 Å². The number of aryl methyl sites for hydroxylation is 1. The number of halogens is 1. The van der Waals surface area contributed by atoms with E-state index in [-0.39, 0.29) is 18.0 Å². The summed E-state index contributed by atoms with van der Waals surface area (Å²) in [4.78, 5) is 25.0. The highest BCUT2D eigenvalue weighted by molar-refractivity contribution is 9.10. The van der Waals surface area contributed by atoms with Gasteiger partial charge in [-0.2, -0.15) is 0 Å². The second kappa shape index (κ2) is 9.24. The molecular formula is C22H24BrNO4. The molecule has 0 unspecified atom stereocenters. The van der Waals surface area contributed by atoms with Crippen LogP contribution in [-0.4, -0.2) is 25.1 Å². The minimum absolute atomic E-state index is 0.0212. The second-order valence-electron chi connectivity index (χ2n) is 7.00. The predicted molar refractivity (Wildman–Crippen MR) is 112 cm³/mol. The van der Waals surface area contributed by atoms with Crippen LogP contribution in [0.4, 0.5) is 5.69 Å². The Hall–Kier alpha value is -2.34. The lowest BCUT2D eigenvalue weighted by Gasteiger charge is -2.21. The molecule has 1 N–H and O–H groups in total. The van der Waals surface area contributed by atoms with Crippen LogP contribution in [0.2, 0.25) is 0 Å². The van der Waals surface area contributed by atoms with Gasteiger partial charge in [0.2, 0.25) is 0 Å². The summed E-state index contributed by atoms with van der Waals surface area (Å²) in [7, 11) is 1.54. The smallest absolute Gasteiger partial charge is 0.338 e. The van der Waals surface area contributed by atoms with Gasteiger partial charge in [0, 0.05) is 10.2 Å². The van der Waals surface area contributed by atoms with Gasteiger partial charge < -0.3 is 14.8 Å². The second-order valence-corrected chi connectivity index (χ2v) is 7.92. The van der Waals surface area contributed by atoms with Crippen LogP contribution in [0.15, 0.2) is 40.9 Å². The molecule has 28 heavy (non-hydrogen) atoms. The number of hydrogen-bond acceptors (Lipinski definition) is 4. The third-order valence-corrected chi connectivity index (χ3v) is 5.35. The number of carbonyl (C=O) groups excluding carboxylic acids is 2. The van der Waals surface area contributed by atoms with E-state index in [0.717, 1.165) is 35.7 Å². The summed E-state index contributed by atoms with van der Waals surface area (Å²) in [5, 5.41) is 2.84. The van der Waals surface area contributed by atoms with Crippen molar-refractivity contribution in [1.82, 2.24) is 0 Å². The van der Waals surface area contributed by atoms with Crippen LogP contribution < -0.4 is 10.1 Å². The van der Waals surface area contributed by atoms with E-state index in [1.807, 2.05) is 13.0 Å². The Morgan fingerprint density at radius 3 is 2.39 bits per heavy atom. The number of anilines is 1. The molecule has 5 nitrogen and oxygen atoms in total. The van der Waals surface area contributed by atoms with Crippen LogP contribution in [0.25, 0.3) is 0 Å². The highest BCUT2D eigenvalue weighted by Crippen LogP contribution is 2.28. The quantitative estimate of drug-likeness (QED) is 0.616. The van der Waals surface area contributed by atoms with Gasteiger partial charge in [-0.25, -0.2) is 4.79 Å². The van der Waals surface area contributed by atoms with E-state index in [4.69, 9.17) is 9.47 Å². The van der Waals surface area contributed by atoms with Gasteiger partial charge in [-0.15, -0.1) is 0 Å². The normalized spacial score (nSPS) is 14.4. The number of hydrogen-bond donors (Lipinski definition) is 1. The molecule has 1 amide bonds. The first-order valence-electron chi connectivity index (χ1n) is 9.44. The van der Waals surface area contributed by atoms with Crippen molar-refractivity contribution in [3.8, 4) is 5.75 Å². The molecule has 2 aromatic carbocycles. The minimum atomic E-state index is -0.311. The fourth-order valence-electron chi connectivity index (χ4n) is 3.46. The monoisotopic (exact) mass is 445 g/mol. The summed E-state index contributed by atoms with van der Waals surface area (Å²) in [5.41, 5.74) is 2.39. The molecule has 0 aromatic heterocycles. The van der Waals surface area contributed by atoms with Crippen molar-refractivity contribution in [2.45, 2.75) is 45.1 Å². The molecule has 0 aliphatic heterocycles. The Bertz CT molecular complexity index is 858. The van der Waals surface area contributed by atoms with Gasteiger partial charge in [0.15, 0.2) is 0 Å². The summed E-state index contributed by atoms with van der Waals surface area (Å²) < 4.78 is 11.7. The largest absolute Gasteiger partial charge is 0.496 e. The van der Waals surface area contributed by atoms with Crippen LogP contribution >= 0.6 is 15.9 Å². The summed E-state index contributed by atoms with van der Waals surface area (Å²) >= 11 is 3.41. The van der Waals surface area contributed by atoms with Crippen molar-refractivity contribution in [2.24, 2.45) is 0 Å². The Morgan fingerprint density at radius 2 is 1.75 bits per heavy atom. The zero-order chi connectivity index (χ0) is 20.1. The van der Waals surface area contributed by atoms with Crippen molar-refractivity contribution >= 4 is 33.5 Å². The first-order chi connectivity index (χ1) is 13.5. The maximum atomic E-state index is 12.7. The lowest BCUT2D eigenvalue weighted by Crippen LogP contribution is -2.21. The number of carbonyl (C=O) groups is 2. The fraction of sp³-hybridized carbons (Fsp3) is 0.364. The van der Waals surface area contributed by atoms with Crippen molar-refractivity contribution in [3.05, 3.63) is 57.6 Å². The van der Waals surface area contributed by atoms with Crippen molar-refractivity contribution in [2.75, 3.05) is 12.4 Å². The van der Waals surface area contributed by atoms with Crippen LogP contribution in [0.3, 0.4) is 0 Å². The molecule has 0 bridgehead atoms. The van der Waals surface area contributed by atoms with Gasteiger partial charge in [-0.3, -0.25) is 4.79 Å². The maximum Gasteiger partial charge on any atom is 0.338 e. The molecule has 0 heterocycles. The molecule has 1 saturated carbocycles. The third-order valence-electron chi connectivity index (χ3n) is 4.89. The summed E-state index contributed by atoms with van der Waals surface area (Å²) in [6.07, 6.45) is 5.34. The van der Waals surface area contributed by atoms with E-state index in [1.165, 1.54) is 6.42 Å². The van der Waals surface area contributed by atoms with E-state index in [2.05, 4.69) is 21.2 Å². The molecule has 1 aliphatic rings. The van der Waals surface area contributed by atoms with Crippen LogP contribution in [0, 0.1) is 6.92 Å². The molecule has 1 aliphatic carbocycles. The Labute approximate surface area is 173 Å². The average molecular weight is 446 g/mol. The van der Waals surface area contributed by atoms with E-state index >= 15 is 0 Å². The molecule has 0 atom stereocenters. The number of rotatable bonds is 5. The third kappa shape index (κ3) is 4.93. The number of benzene rings is 2. The van der Waals surface area contributed by atoms with E-state index in [9.17, 15) is 9.59 Å². The van der Waals surface area contributed by atoms with E-state index in [0.29, 0.717) is 22.6 Å². The fourth-order valence-corrected chi connectivity index (χ4v) is 4.03. The van der Waals surface area contributed by atoms with Crippen LogP contribution in [0.5, 0.6) is 5.75 Å². The lowest BCUT2D eigenvalue weighted by molar-refractivity contribution is 0.0211. The molecule has 148 valence electrons. The molecule has 1 fully saturated rings. The Kier molecular flexibility index (Phi) is 6.73. The summed E-state index contributed by atoms with van der Waals surface area (Å²) in [6.45, 7) is 1.88. The number of nitrogens with one attached hydrogen (secondary N) is 1. The zero-order valence-electron chi connectivity index (χ0n) is 16.1. The molecule has 3 rings (SSSR count). The topological polar surface area (TPSA) is 64.6 Å². The van der Waals surface area contributed by atoms with Gasteiger partial charge in [0.25, 0.3) is 5.91 Å². The standard InChI is InChI=1S/C22H24BrNO4/c1-14-12-16(23)13-19(20(14)27-2)21(25)24-17-10-8-15(9-11-17)22(26)28-18-6-4-3-5-7-18/h8-13,18H,3-7H2,1-2H3,(H,24,25). The first-order valence-corrected chi connectivity index (χ1v) is 10.2. The Morgan fingerprint density at radius 1 is 1.07 bits per heavy atom. The molecule has 0 saturated heterocycles. The van der Waals surface area contributed by atoms with Crippen LogP contribution in [0.1, 0.15) is 58.4 Å². The lowest BCUT2D eigenvalue weighted by atomic mass is 9.98. The number of amides is 1. The maximum absolute atomic E-state index is 12.7. The minimum Gasteiger partial charge on any atom is -0.496 e. The summed E-state index contributed by atoms with van der Waals surface area (Å²) in [6, 6.07) is 10.4. The van der Waals surface area contributed by atoms with Gasteiger partial charge in [-0.1, -0.05) is 22.4 Å². The first kappa shape index (κ1) is 20.4. The van der Waals surface area contributed by atoms with Gasteiger partial charge in [0.1, 0.15) is 11.9 Å². The van der Waals surface area contributed by atoms with Crippen molar-refractivity contribution < 1.29 is 19.1 Å². The van der Waals surface area contributed by atoms with E-state index in [1.54, 1.807) is 37.4 Å². The molecule has 2 aromatic rings. The highest BCUT2D eigenvalue weighted by atomic mass is 79.9. The van der Waals surface area contributed by atoms with Crippen molar-refractivity contribution in [1.29, 1.82) is 0 Å². The number of esters is 1. The Balaban J connectivity index is 1.67. The van der Waals surface area contributed by atoms with Crippen LogP contribution in [-0.2, 0) is 4.74 Å². The molecule has 6 heteroatoms. The zero-order valence-corrected chi connectivity index (χ0v) is 17.7. The average Bonchev–Trinajstić information content (AvgIpc) is 2.68. The van der Waals surface area contributed by atoms with E-state index < -0.39 is 0 Å². The predicted octanol–water partition coefficient (Wildman–Crippen LogP) is 5.51. The number of methoxy groups -OCH3 is 1. The van der Waals surface area contributed by atoms with Gasteiger partial charge in [-0.05, 0) is 74.6 Å². The summed E-state index contributed by atoms with van der Waals surface area (Å²) in [5.74, 6) is -0.0544. The van der Waals surface area contributed by atoms with Gasteiger partial charge >= 0.3 is 5.97 Å². The highest BCUT2D eigenvalue weighted by Gasteiger charge is 2.19. The molecule has 0 radical (unpaired) electrons. The number of ether oxygens (including phenoxy) is 2.